The lowest BCUT2D eigenvalue weighted by Gasteiger charge is -2.10. The van der Waals surface area contributed by atoms with Gasteiger partial charge < -0.3 is 5.32 Å². The average molecular weight is 427 g/mol. The largest absolute Gasteiger partial charge is 0.319 e. The summed E-state index contributed by atoms with van der Waals surface area (Å²) in [7, 11) is 0. The second kappa shape index (κ2) is 8.43. The first kappa shape index (κ1) is 20.9. The van der Waals surface area contributed by atoms with Crippen molar-refractivity contribution in [3.05, 3.63) is 99.4 Å². The molecule has 32 heavy (non-hydrogen) atoms. The number of nitro benzene ring substituents is 1. The standard InChI is InChI=1S/C24H21N5O3/c1-15-8-11-18(12-9-15)23-26-22(27-28(23)21-13-16(2)7-10-17(21)3)24(30)25-19-5-4-6-20(14-19)29(31)32/h4-14H,1-3H3,(H,25,30). The minimum Gasteiger partial charge on any atom is -0.319 e. The van der Waals surface area contributed by atoms with Crippen molar-refractivity contribution in [2.75, 3.05) is 5.32 Å². The highest BCUT2D eigenvalue weighted by molar-refractivity contribution is 6.02. The highest BCUT2D eigenvalue weighted by Crippen LogP contribution is 2.25. The molecule has 0 aliphatic rings. The zero-order valence-corrected chi connectivity index (χ0v) is 17.9. The van der Waals surface area contributed by atoms with Gasteiger partial charge in [-0.25, -0.2) is 9.67 Å². The van der Waals surface area contributed by atoms with E-state index in [-0.39, 0.29) is 11.5 Å². The number of nitrogens with zero attached hydrogens (tertiary/aromatic N) is 4. The minimum atomic E-state index is -0.553. The molecule has 4 aromatic rings. The van der Waals surface area contributed by atoms with E-state index in [9.17, 15) is 14.9 Å². The fourth-order valence-electron chi connectivity index (χ4n) is 3.30. The van der Waals surface area contributed by atoms with Crippen LogP contribution in [0.25, 0.3) is 17.1 Å². The smallest absolute Gasteiger partial charge is 0.295 e. The van der Waals surface area contributed by atoms with Crippen LogP contribution in [0.15, 0.2) is 66.7 Å². The van der Waals surface area contributed by atoms with Crippen molar-refractivity contribution in [2.24, 2.45) is 0 Å². The number of carbonyl (C=O) groups is 1. The maximum Gasteiger partial charge on any atom is 0.295 e. The molecule has 1 amide bonds. The molecule has 0 aliphatic carbocycles. The van der Waals surface area contributed by atoms with E-state index in [1.807, 2.05) is 63.2 Å². The molecule has 160 valence electrons. The van der Waals surface area contributed by atoms with E-state index < -0.39 is 10.8 Å². The number of non-ortho nitro benzene ring substituents is 1. The Kier molecular flexibility index (Phi) is 5.51. The van der Waals surface area contributed by atoms with Crippen LogP contribution < -0.4 is 5.32 Å². The third kappa shape index (κ3) is 4.24. The Morgan fingerprint density at radius 1 is 0.969 bits per heavy atom. The first-order valence-corrected chi connectivity index (χ1v) is 9.99. The molecule has 0 radical (unpaired) electrons. The lowest BCUT2D eigenvalue weighted by atomic mass is 10.1. The summed E-state index contributed by atoms with van der Waals surface area (Å²) >= 11 is 0. The Balaban J connectivity index is 1.77. The van der Waals surface area contributed by atoms with Gasteiger partial charge in [-0.3, -0.25) is 14.9 Å². The van der Waals surface area contributed by atoms with Crippen LogP contribution in [0.1, 0.15) is 27.3 Å². The summed E-state index contributed by atoms with van der Waals surface area (Å²) in [5.41, 5.74) is 4.97. The van der Waals surface area contributed by atoms with Gasteiger partial charge in [-0.2, -0.15) is 0 Å². The van der Waals surface area contributed by atoms with Crippen molar-refractivity contribution in [1.82, 2.24) is 14.8 Å². The molecule has 8 heteroatoms. The average Bonchev–Trinajstić information content (AvgIpc) is 3.21. The summed E-state index contributed by atoms with van der Waals surface area (Å²) in [4.78, 5) is 27.9. The van der Waals surface area contributed by atoms with Gasteiger partial charge in [0.15, 0.2) is 5.82 Å². The number of rotatable bonds is 5. The van der Waals surface area contributed by atoms with E-state index in [1.54, 1.807) is 10.7 Å². The number of aryl methyl sites for hydroxylation is 3. The number of hydrogen-bond acceptors (Lipinski definition) is 5. The molecule has 0 aliphatic heterocycles. The van der Waals surface area contributed by atoms with E-state index in [0.717, 1.165) is 27.9 Å². The molecular weight excluding hydrogens is 406 g/mol. The summed E-state index contributed by atoms with van der Waals surface area (Å²) in [6.45, 7) is 5.96. The fraction of sp³-hybridized carbons (Fsp3) is 0.125. The summed E-state index contributed by atoms with van der Waals surface area (Å²) in [6.07, 6.45) is 0. The van der Waals surface area contributed by atoms with Crippen molar-refractivity contribution in [2.45, 2.75) is 20.8 Å². The number of nitrogens with one attached hydrogen (secondary N) is 1. The number of nitro groups is 1. The summed E-state index contributed by atoms with van der Waals surface area (Å²) in [5, 5.41) is 18.2. The van der Waals surface area contributed by atoms with Crippen LogP contribution >= 0.6 is 0 Å². The van der Waals surface area contributed by atoms with Gasteiger partial charge in [0, 0.05) is 23.4 Å². The third-order valence-electron chi connectivity index (χ3n) is 5.03. The van der Waals surface area contributed by atoms with Gasteiger partial charge in [-0.1, -0.05) is 48.0 Å². The number of anilines is 1. The lowest BCUT2D eigenvalue weighted by Crippen LogP contribution is -2.14. The summed E-state index contributed by atoms with van der Waals surface area (Å²) in [6, 6.07) is 19.5. The predicted octanol–water partition coefficient (Wildman–Crippen LogP) is 5.02. The minimum absolute atomic E-state index is 0.0343. The maximum absolute atomic E-state index is 12.9. The van der Waals surface area contributed by atoms with Gasteiger partial charge in [-0.05, 0) is 44.0 Å². The molecule has 0 fully saturated rings. The van der Waals surface area contributed by atoms with Crippen LogP contribution in [-0.4, -0.2) is 25.6 Å². The molecule has 4 rings (SSSR count). The van der Waals surface area contributed by atoms with Crippen molar-refractivity contribution in [1.29, 1.82) is 0 Å². The molecule has 1 N–H and O–H groups in total. The molecule has 0 unspecified atom stereocenters. The van der Waals surface area contributed by atoms with Crippen LogP contribution in [-0.2, 0) is 0 Å². The molecule has 0 spiro atoms. The molecule has 1 aromatic heterocycles. The van der Waals surface area contributed by atoms with Crippen LogP contribution in [0.3, 0.4) is 0 Å². The molecule has 0 saturated carbocycles. The van der Waals surface area contributed by atoms with Crippen LogP contribution in [0.4, 0.5) is 11.4 Å². The molecule has 1 heterocycles. The quantitative estimate of drug-likeness (QED) is 0.356. The van der Waals surface area contributed by atoms with Crippen LogP contribution in [0.2, 0.25) is 0 Å². The zero-order valence-electron chi connectivity index (χ0n) is 17.9. The molecule has 0 bridgehead atoms. The van der Waals surface area contributed by atoms with E-state index in [4.69, 9.17) is 0 Å². The van der Waals surface area contributed by atoms with Gasteiger partial charge in [0.2, 0.25) is 5.82 Å². The van der Waals surface area contributed by atoms with Crippen LogP contribution in [0, 0.1) is 30.9 Å². The SMILES string of the molecule is Cc1ccc(-c2nc(C(=O)Nc3cccc([N+](=O)[O-])c3)nn2-c2cc(C)ccc2C)cc1. The molecular formula is C24H21N5O3. The van der Waals surface area contributed by atoms with Gasteiger partial charge in [0.05, 0.1) is 10.6 Å². The highest BCUT2D eigenvalue weighted by atomic mass is 16.6. The summed E-state index contributed by atoms with van der Waals surface area (Å²) in [5.74, 6) is -0.0567. The topological polar surface area (TPSA) is 103 Å². The van der Waals surface area contributed by atoms with Crippen molar-refractivity contribution in [3.8, 4) is 17.1 Å². The van der Waals surface area contributed by atoms with Gasteiger partial charge in [-0.15, -0.1) is 5.10 Å². The van der Waals surface area contributed by atoms with Gasteiger partial charge in [0.1, 0.15) is 0 Å². The Hall–Kier alpha value is -4.33. The Morgan fingerprint density at radius 3 is 2.41 bits per heavy atom. The monoisotopic (exact) mass is 427 g/mol. The molecule has 0 saturated heterocycles. The van der Waals surface area contributed by atoms with Crippen molar-refractivity contribution in [3.63, 3.8) is 0 Å². The Bertz CT molecular complexity index is 1330. The second-order valence-corrected chi connectivity index (χ2v) is 7.59. The number of amides is 1. The van der Waals surface area contributed by atoms with E-state index in [2.05, 4.69) is 15.4 Å². The first-order valence-electron chi connectivity index (χ1n) is 9.99. The van der Waals surface area contributed by atoms with Gasteiger partial charge >= 0.3 is 0 Å². The zero-order chi connectivity index (χ0) is 22.8. The second-order valence-electron chi connectivity index (χ2n) is 7.59. The van der Waals surface area contributed by atoms with Crippen LogP contribution in [0.5, 0.6) is 0 Å². The highest BCUT2D eigenvalue weighted by Gasteiger charge is 2.20. The maximum atomic E-state index is 12.9. The molecule has 3 aromatic carbocycles. The number of hydrogen-bond donors (Lipinski definition) is 1. The van der Waals surface area contributed by atoms with Gasteiger partial charge in [0.25, 0.3) is 11.6 Å². The normalized spacial score (nSPS) is 10.7. The predicted molar refractivity (Wildman–Crippen MR) is 122 cm³/mol. The van der Waals surface area contributed by atoms with E-state index in [0.29, 0.717) is 11.5 Å². The van der Waals surface area contributed by atoms with Crippen molar-refractivity contribution >= 4 is 17.3 Å². The van der Waals surface area contributed by atoms with E-state index >= 15 is 0 Å². The lowest BCUT2D eigenvalue weighted by molar-refractivity contribution is -0.384. The Morgan fingerprint density at radius 2 is 1.69 bits per heavy atom. The van der Waals surface area contributed by atoms with Crippen molar-refractivity contribution < 1.29 is 9.72 Å². The third-order valence-corrected chi connectivity index (χ3v) is 5.03. The first-order chi connectivity index (χ1) is 15.3. The number of benzene rings is 3. The number of carbonyl (C=O) groups excluding carboxylic acids is 1. The fourth-order valence-corrected chi connectivity index (χ4v) is 3.30. The van der Waals surface area contributed by atoms with E-state index in [1.165, 1.54) is 18.2 Å². The summed E-state index contributed by atoms with van der Waals surface area (Å²) < 4.78 is 1.66. The molecule has 8 nitrogen and oxygen atoms in total. The number of aromatic nitrogens is 3. The Labute approximate surface area is 184 Å². The molecule has 0 atom stereocenters.